The lowest BCUT2D eigenvalue weighted by Gasteiger charge is -2.14. The second kappa shape index (κ2) is 10.8. The number of carbonyl (C=O) groups excluding carboxylic acids is 3. The summed E-state index contributed by atoms with van der Waals surface area (Å²) >= 11 is 0. The monoisotopic (exact) mass is 485 g/mol. The number of carbonyl (C=O) groups is 3. The zero-order valence-electron chi connectivity index (χ0n) is 20.3. The van der Waals surface area contributed by atoms with Crippen molar-refractivity contribution < 1.29 is 23.9 Å². The van der Waals surface area contributed by atoms with E-state index in [9.17, 15) is 14.4 Å². The molecule has 4 amide bonds. The largest absolute Gasteiger partial charge is 0.493 e. The number of hydrogen-bond acceptors (Lipinski definition) is 5. The van der Waals surface area contributed by atoms with E-state index in [1.165, 1.54) is 13.2 Å². The molecule has 0 unspecified atom stereocenters. The number of para-hydroxylation sites is 1. The van der Waals surface area contributed by atoms with Gasteiger partial charge >= 0.3 is 6.03 Å². The van der Waals surface area contributed by atoms with Gasteiger partial charge in [0.25, 0.3) is 11.8 Å². The summed E-state index contributed by atoms with van der Waals surface area (Å²) in [5.74, 6) is -0.129. The fourth-order valence-corrected chi connectivity index (χ4v) is 3.68. The average molecular weight is 486 g/mol. The summed E-state index contributed by atoms with van der Waals surface area (Å²) in [6, 6.07) is 19.7. The Morgan fingerprint density at radius 3 is 2.31 bits per heavy atom. The van der Waals surface area contributed by atoms with Crippen LogP contribution < -0.4 is 20.1 Å². The van der Waals surface area contributed by atoms with Gasteiger partial charge in [-0.3, -0.25) is 14.5 Å². The van der Waals surface area contributed by atoms with Gasteiger partial charge in [-0.1, -0.05) is 59.7 Å². The second-order valence-electron chi connectivity index (χ2n) is 8.45. The van der Waals surface area contributed by atoms with Crippen molar-refractivity contribution in [2.75, 3.05) is 19.0 Å². The fraction of sp³-hybridized carbons (Fsp3) is 0.179. The SMILES string of the molecule is COc1cccc(/C=C2/NC(=O)N(Cc3ccc(C)cc3)C2=O)c1OCC(=O)Nc1ccc(C)cc1. The number of methoxy groups -OCH3 is 1. The number of hydrogen-bond donors (Lipinski definition) is 2. The number of amides is 4. The molecular weight excluding hydrogens is 458 g/mol. The normalized spacial score (nSPS) is 14.1. The van der Waals surface area contributed by atoms with Gasteiger partial charge in [0.15, 0.2) is 18.1 Å². The quantitative estimate of drug-likeness (QED) is 0.364. The van der Waals surface area contributed by atoms with Gasteiger partial charge < -0.3 is 20.1 Å². The molecule has 3 aromatic rings. The molecular formula is C28H27N3O5. The molecule has 1 saturated heterocycles. The molecule has 0 spiro atoms. The molecule has 0 radical (unpaired) electrons. The van der Waals surface area contributed by atoms with E-state index in [-0.39, 0.29) is 30.5 Å². The maximum atomic E-state index is 13.0. The van der Waals surface area contributed by atoms with E-state index in [4.69, 9.17) is 9.47 Å². The van der Waals surface area contributed by atoms with Crippen molar-refractivity contribution in [3.63, 3.8) is 0 Å². The van der Waals surface area contributed by atoms with E-state index in [2.05, 4.69) is 10.6 Å². The molecule has 184 valence electrons. The first kappa shape index (κ1) is 24.5. The minimum absolute atomic E-state index is 0.106. The number of anilines is 1. The van der Waals surface area contributed by atoms with Gasteiger partial charge in [-0.15, -0.1) is 0 Å². The van der Waals surface area contributed by atoms with Crippen LogP contribution in [0.5, 0.6) is 11.5 Å². The highest BCUT2D eigenvalue weighted by Gasteiger charge is 2.33. The first-order chi connectivity index (χ1) is 17.3. The van der Waals surface area contributed by atoms with Gasteiger partial charge in [-0.25, -0.2) is 4.79 Å². The van der Waals surface area contributed by atoms with Crippen LogP contribution in [0.25, 0.3) is 6.08 Å². The van der Waals surface area contributed by atoms with Crippen LogP contribution >= 0.6 is 0 Å². The predicted octanol–water partition coefficient (Wildman–Crippen LogP) is 4.42. The zero-order chi connectivity index (χ0) is 25.7. The Morgan fingerprint density at radius 1 is 0.972 bits per heavy atom. The number of ether oxygens (including phenoxy) is 2. The summed E-state index contributed by atoms with van der Waals surface area (Å²) in [6.45, 7) is 3.82. The van der Waals surface area contributed by atoms with Crippen LogP contribution in [-0.2, 0) is 16.1 Å². The molecule has 2 N–H and O–H groups in total. The van der Waals surface area contributed by atoms with Gasteiger partial charge in [-0.2, -0.15) is 0 Å². The lowest BCUT2D eigenvalue weighted by atomic mass is 10.1. The lowest BCUT2D eigenvalue weighted by Crippen LogP contribution is -2.30. The van der Waals surface area contributed by atoms with Crippen LogP contribution in [0, 0.1) is 13.8 Å². The predicted molar refractivity (Wildman–Crippen MR) is 137 cm³/mol. The van der Waals surface area contributed by atoms with Crippen LogP contribution in [0.3, 0.4) is 0 Å². The van der Waals surface area contributed by atoms with Crippen LogP contribution in [0.2, 0.25) is 0 Å². The zero-order valence-corrected chi connectivity index (χ0v) is 20.3. The Kier molecular flexibility index (Phi) is 7.34. The van der Waals surface area contributed by atoms with Crippen molar-refractivity contribution in [3.05, 3.63) is 94.7 Å². The molecule has 1 aliphatic heterocycles. The smallest absolute Gasteiger partial charge is 0.329 e. The Labute approximate surface area is 209 Å². The summed E-state index contributed by atoms with van der Waals surface area (Å²) < 4.78 is 11.2. The molecule has 8 heteroatoms. The number of aryl methyl sites for hydroxylation is 2. The molecule has 0 atom stereocenters. The van der Waals surface area contributed by atoms with Crippen LogP contribution in [0.4, 0.5) is 10.5 Å². The van der Waals surface area contributed by atoms with E-state index in [1.807, 2.05) is 62.4 Å². The second-order valence-corrected chi connectivity index (χ2v) is 8.45. The number of benzene rings is 3. The van der Waals surface area contributed by atoms with E-state index >= 15 is 0 Å². The molecule has 3 aromatic carbocycles. The molecule has 36 heavy (non-hydrogen) atoms. The van der Waals surface area contributed by atoms with Crippen LogP contribution in [0.15, 0.2) is 72.4 Å². The number of imide groups is 1. The van der Waals surface area contributed by atoms with Crippen molar-refractivity contribution in [2.24, 2.45) is 0 Å². The third kappa shape index (κ3) is 5.72. The topological polar surface area (TPSA) is 97.0 Å². The third-order valence-corrected chi connectivity index (χ3v) is 5.64. The summed E-state index contributed by atoms with van der Waals surface area (Å²) in [5, 5.41) is 5.40. The summed E-state index contributed by atoms with van der Waals surface area (Å²) in [7, 11) is 1.48. The van der Waals surface area contributed by atoms with Gasteiger partial charge in [0.1, 0.15) is 5.70 Å². The highest BCUT2D eigenvalue weighted by Crippen LogP contribution is 2.33. The Bertz CT molecular complexity index is 1310. The summed E-state index contributed by atoms with van der Waals surface area (Å²) in [4.78, 5) is 39.1. The van der Waals surface area contributed by atoms with Gasteiger partial charge in [0.2, 0.25) is 0 Å². The number of rotatable bonds is 8. The summed E-state index contributed by atoms with van der Waals surface area (Å²) in [6.07, 6.45) is 1.52. The molecule has 0 saturated carbocycles. The Balaban J connectivity index is 1.50. The van der Waals surface area contributed by atoms with Gasteiger partial charge in [-0.05, 0) is 43.7 Å². The summed E-state index contributed by atoms with van der Waals surface area (Å²) in [5.41, 5.74) is 4.27. The van der Waals surface area contributed by atoms with Crippen molar-refractivity contribution in [2.45, 2.75) is 20.4 Å². The van der Waals surface area contributed by atoms with Crippen LogP contribution in [-0.4, -0.2) is 36.5 Å². The van der Waals surface area contributed by atoms with Crippen molar-refractivity contribution in [3.8, 4) is 11.5 Å². The van der Waals surface area contributed by atoms with Crippen molar-refractivity contribution >= 4 is 29.6 Å². The molecule has 1 aliphatic rings. The molecule has 1 fully saturated rings. The maximum absolute atomic E-state index is 13.0. The average Bonchev–Trinajstić information content (AvgIpc) is 3.13. The number of nitrogens with zero attached hydrogens (tertiary/aromatic N) is 1. The molecule has 0 bridgehead atoms. The van der Waals surface area contributed by atoms with Gasteiger partial charge in [0, 0.05) is 11.3 Å². The van der Waals surface area contributed by atoms with Crippen molar-refractivity contribution in [1.82, 2.24) is 10.2 Å². The van der Waals surface area contributed by atoms with Crippen LogP contribution in [0.1, 0.15) is 22.3 Å². The Morgan fingerprint density at radius 2 is 1.64 bits per heavy atom. The van der Waals surface area contributed by atoms with E-state index < -0.39 is 11.9 Å². The minimum Gasteiger partial charge on any atom is -0.493 e. The molecule has 1 heterocycles. The molecule has 8 nitrogen and oxygen atoms in total. The molecule has 4 rings (SSSR count). The standard InChI is InChI=1S/C28H27N3O5/c1-18-7-11-20(12-8-18)16-31-27(33)23(30-28(31)34)15-21-5-4-6-24(35-3)26(21)36-17-25(32)29-22-13-9-19(2)10-14-22/h4-15H,16-17H2,1-3H3,(H,29,32)(H,30,34)/b23-15+. The number of nitrogens with one attached hydrogen (secondary N) is 2. The number of urea groups is 1. The first-order valence-electron chi connectivity index (χ1n) is 11.4. The third-order valence-electron chi connectivity index (χ3n) is 5.64. The van der Waals surface area contributed by atoms with E-state index in [0.29, 0.717) is 17.0 Å². The molecule has 0 aromatic heterocycles. The Hall–Kier alpha value is -4.59. The van der Waals surface area contributed by atoms with Crippen molar-refractivity contribution in [1.29, 1.82) is 0 Å². The van der Waals surface area contributed by atoms with E-state index in [0.717, 1.165) is 21.6 Å². The fourth-order valence-electron chi connectivity index (χ4n) is 3.68. The van der Waals surface area contributed by atoms with Gasteiger partial charge in [0.05, 0.1) is 13.7 Å². The highest BCUT2D eigenvalue weighted by atomic mass is 16.5. The molecule has 0 aliphatic carbocycles. The minimum atomic E-state index is -0.505. The highest BCUT2D eigenvalue weighted by molar-refractivity contribution is 6.14. The van der Waals surface area contributed by atoms with E-state index in [1.54, 1.807) is 18.2 Å². The lowest BCUT2D eigenvalue weighted by molar-refractivity contribution is -0.123. The first-order valence-corrected chi connectivity index (χ1v) is 11.4. The maximum Gasteiger partial charge on any atom is 0.329 e.